The molecule has 0 bridgehead atoms. The van der Waals surface area contributed by atoms with Crippen molar-refractivity contribution in [2.75, 3.05) is 7.11 Å². The number of carbonyl (C=O) groups is 2. The minimum absolute atomic E-state index is 0.136. The van der Waals surface area contributed by atoms with Gasteiger partial charge in [-0.2, -0.15) is 0 Å². The molecular formula is C25H19ClFNO4S. The highest BCUT2D eigenvalue weighted by Crippen LogP contribution is 2.38. The molecule has 8 heteroatoms. The first-order chi connectivity index (χ1) is 16.0. The van der Waals surface area contributed by atoms with Gasteiger partial charge in [0.1, 0.15) is 12.4 Å². The van der Waals surface area contributed by atoms with Crippen molar-refractivity contribution in [3.8, 4) is 11.5 Å². The molecule has 3 aromatic carbocycles. The summed E-state index contributed by atoms with van der Waals surface area (Å²) >= 11 is 7.03. The van der Waals surface area contributed by atoms with Crippen LogP contribution in [0.5, 0.6) is 11.5 Å². The fourth-order valence-electron chi connectivity index (χ4n) is 3.30. The summed E-state index contributed by atoms with van der Waals surface area (Å²) in [6.45, 7) is 0.0539. The van der Waals surface area contributed by atoms with Gasteiger partial charge in [-0.15, -0.1) is 0 Å². The topological polar surface area (TPSA) is 55.8 Å². The van der Waals surface area contributed by atoms with E-state index in [1.165, 1.54) is 13.2 Å². The number of rotatable bonds is 7. The van der Waals surface area contributed by atoms with Crippen molar-refractivity contribution < 1.29 is 23.5 Å². The second-order valence-corrected chi connectivity index (χ2v) is 8.52. The summed E-state index contributed by atoms with van der Waals surface area (Å²) in [6.07, 6.45) is 1.58. The molecule has 0 radical (unpaired) electrons. The molecule has 0 spiro atoms. The van der Waals surface area contributed by atoms with Crippen molar-refractivity contribution in [3.63, 3.8) is 0 Å². The molecule has 3 aromatic rings. The third-order valence-electron chi connectivity index (χ3n) is 5.01. The fourth-order valence-corrected chi connectivity index (χ4v) is 4.32. The van der Waals surface area contributed by atoms with Gasteiger partial charge in [0.15, 0.2) is 11.5 Å². The van der Waals surface area contributed by atoms with Crippen LogP contribution in [-0.4, -0.2) is 23.2 Å². The average Bonchev–Trinajstić information content (AvgIpc) is 3.07. The van der Waals surface area contributed by atoms with Crippen LogP contribution in [0.1, 0.15) is 16.7 Å². The summed E-state index contributed by atoms with van der Waals surface area (Å²) in [6, 6.07) is 18.6. The number of halogens is 2. The summed E-state index contributed by atoms with van der Waals surface area (Å²) in [4.78, 5) is 26.7. The second kappa shape index (κ2) is 10.1. The zero-order valence-corrected chi connectivity index (χ0v) is 19.2. The van der Waals surface area contributed by atoms with Crippen molar-refractivity contribution in [3.05, 3.63) is 99.2 Å². The Kier molecular flexibility index (Phi) is 7.01. The lowest BCUT2D eigenvalue weighted by Gasteiger charge is -2.14. The van der Waals surface area contributed by atoms with E-state index >= 15 is 0 Å². The number of amides is 2. The van der Waals surface area contributed by atoms with Crippen LogP contribution in [0.2, 0.25) is 5.02 Å². The molecule has 1 fully saturated rings. The second-order valence-electron chi connectivity index (χ2n) is 7.12. The molecule has 168 valence electrons. The predicted molar refractivity (Wildman–Crippen MR) is 127 cm³/mol. The number of ether oxygens (including phenoxy) is 2. The lowest BCUT2D eigenvalue weighted by Crippen LogP contribution is -2.27. The smallest absolute Gasteiger partial charge is 0.293 e. The number of benzene rings is 3. The number of carbonyl (C=O) groups excluding carboxylic acids is 2. The molecule has 1 saturated heterocycles. The molecule has 0 saturated carbocycles. The first-order valence-electron chi connectivity index (χ1n) is 10.00. The number of imide groups is 1. The van der Waals surface area contributed by atoms with E-state index in [4.69, 9.17) is 21.1 Å². The molecule has 0 aromatic heterocycles. The van der Waals surface area contributed by atoms with Gasteiger partial charge in [-0.25, -0.2) is 4.39 Å². The largest absolute Gasteiger partial charge is 0.493 e. The van der Waals surface area contributed by atoms with Gasteiger partial charge in [0, 0.05) is 21.7 Å². The van der Waals surface area contributed by atoms with E-state index < -0.39 is 17.0 Å². The van der Waals surface area contributed by atoms with Crippen LogP contribution in [0.25, 0.3) is 6.08 Å². The summed E-state index contributed by atoms with van der Waals surface area (Å²) < 4.78 is 25.5. The summed E-state index contributed by atoms with van der Waals surface area (Å²) in [5.41, 5.74) is 1.63. The van der Waals surface area contributed by atoms with E-state index in [1.807, 2.05) is 18.2 Å². The van der Waals surface area contributed by atoms with E-state index in [0.717, 1.165) is 22.2 Å². The summed E-state index contributed by atoms with van der Waals surface area (Å²) in [5, 5.41) is 0.110. The number of para-hydroxylation sites is 1. The molecular weight excluding hydrogens is 465 g/mol. The Morgan fingerprint density at radius 1 is 1.00 bits per heavy atom. The van der Waals surface area contributed by atoms with E-state index in [2.05, 4.69) is 0 Å². The maximum atomic E-state index is 14.0. The highest BCUT2D eigenvalue weighted by Gasteiger charge is 2.35. The lowest BCUT2D eigenvalue weighted by atomic mass is 10.1. The molecule has 1 aliphatic heterocycles. The quantitative estimate of drug-likeness (QED) is 0.369. The highest BCUT2D eigenvalue weighted by molar-refractivity contribution is 8.18. The van der Waals surface area contributed by atoms with Crippen molar-refractivity contribution in [1.29, 1.82) is 0 Å². The fraction of sp³-hybridized carbons (Fsp3) is 0.120. The van der Waals surface area contributed by atoms with E-state index in [-0.39, 0.29) is 23.6 Å². The Balaban J connectivity index is 1.60. The van der Waals surface area contributed by atoms with Gasteiger partial charge in [0.05, 0.1) is 18.6 Å². The number of thioether (sulfide) groups is 1. The SMILES string of the molecule is COc1cccc(/C=C2\SC(=O)N(Cc3ccccc3F)C2=O)c1OCc1ccccc1Cl. The zero-order chi connectivity index (χ0) is 23.4. The van der Waals surface area contributed by atoms with Crippen molar-refractivity contribution in [2.24, 2.45) is 0 Å². The van der Waals surface area contributed by atoms with Crippen LogP contribution in [0.3, 0.4) is 0 Å². The van der Waals surface area contributed by atoms with Crippen molar-refractivity contribution in [2.45, 2.75) is 13.2 Å². The first kappa shape index (κ1) is 22.9. The minimum Gasteiger partial charge on any atom is -0.493 e. The molecule has 5 nitrogen and oxygen atoms in total. The minimum atomic E-state index is -0.492. The van der Waals surface area contributed by atoms with Crippen LogP contribution in [0.15, 0.2) is 71.6 Å². The molecule has 0 atom stereocenters. The molecule has 4 rings (SSSR count). The molecule has 1 heterocycles. The summed E-state index contributed by atoms with van der Waals surface area (Å²) in [7, 11) is 1.52. The number of nitrogens with zero attached hydrogens (tertiary/aromatic N) is 1. The normalized spacial score (nSPS) is 14.8. The van der Waals surface area contributed by atoms with Crippen LogP contribution >= 0.6 is 23.4 Å². The third-order valence-corrected chi connectivity index (χ3v) is 6.28. The van der Waals surface area contributed by atoms with Gasteiger partial charge in [-0.05, 0) is 36.0 Å². The Bertz CT molecular complexity index is 1250. The monoisotopic (exact) mass is 483 g/mol. The standard InChI is InChI=1S/C25H19ClFNO4S/c1-31-21-12-6-9-16(23(21)32-15-18-8-2-4-10-19(18)26)13-22-24(29)28(25(30)33-22)14-17-7-3-5-11-20(17)27/h2-13H,14-15H2,1H3/b22-13-. The molecule has 0 N–H and O–H groups in total. The molecule has 33 heavy (non-hydrogen) atoms. The average molecular weight is 484 g/mol. The van der Waals surface area contributed by atoms with Crippen LogP contribution < -0.4 is 9.47 Å². The Hall–Kier alpha value is -3.29. The number of hydrogen-bond donors (Lipinski definition) is 0. The number of hydrogen-bond acceptors (Lipinski definition) is 5. The predicted octanol–water partition coefficient (Wildman–Crippen LogP) is 6.30. The van der Waals surface area contributed by atoms with Gasteiger partial charge in [-0.3, -0.25) is 14.5 Å². The Morgan fingerprint density at radius 3 is 2.45 bits per heavy atom. The van der Waals surface area contributed by atoms with E-state index in [9.17, 15) is 14.0 Å². The molecule has 2 amide bonds. The maximum absolute atomic E-state index is 14.0. The lowest BCUT2D eigenvalue weighted by molar-refractivity contribution is -0.123. The molecule has 0 unspecified atom stereocenters. The van der Waals surface area contributed by atoms with Crippen molar-refractivity contribution in [1.82, 2.24) is 4.90 Å². The molecule has 1 aliphatic rings. The van der Waals surface area contributed by atoms with Crippen LogP contribution in [0.4, 0.5) is 9.18 Å². The van der Waals surface area contributed by atoms with E-state index in [1.54, 1.807) is 48.5 Å². The van der Waals surface area contributed by atoms with Crippen molar-refractivity contribution >= 4 is 40.6 Å². The zero-order valence-electron chi connectivity index (χ0n) is 17.6. The summed E-state index contributed by atoms with van der Waals surface area (Å²) in [5.74, 6) is -0.0704. The first-order valence-corrected chi connectivity index (χ1v) is 11.2. The highest BCUT2D eigenvalue weighted by atomic mass is 35.5. The molecule has 0 aliphatic carbocycles. The van der Waals surface area contributed by atoms with Crippen LogP contribution in [-0.2, 0) is 17.9 Å². The Morgan fingerprint density at radius 2 is 1.73 bits per heavy atom. The Labute approximate surface area is 199 Å². The van der Waals surface area contributed by atoms with Crippen LogP contribution in [0, 0.1) is 5.82 Å². The van der Waals surface area contributed by atoms with Gasteiger partial charge < -0.3 is 9.47 Å². The van der Waals surface area contributed by atoms with Gasteiger partial charge >= 0.3 is 0 Å². The maximum Gasteiger partial charge on any atom is 0.293 e. The third kappa shape index (κ3) is 5.05. The van der Waals surface area contributed by atoms with Gasteiger partial charge in [0.2, 0.25) is 0 Å². The van der Waals surface area contributed by atoms with Gasteiger partial charge in [-0.1, -0.05) is 60.1 Å². The van der Waals surface area contributed by atoms with E-state index in [0.29, 0.717) is 22.1 Å². The number of methoxy groups -OCH3 is 1. The van der Waals surface area contributed by atoms with Gasteiger partial charge in [0.25, 0.3) is 11.1 Å².